The van der Waals surface area contributed by atoms with E-state index in [2.05, 4.69) is 15.3 Å². The number of hydrogen-bond donors (Lipinski definition) is 1. The highest BCUT2D eigenvalue weighted by atomic mass is 16.2. The summed E-state index contributed by atoms with van der Waals surface area (Å²) < 4.78 is 0. The summed E-state index contributed by atoms with van der Waals surface area (Å²) in [5.41, 5.74) is 0.988. The van der Waals surface area contributed by atoms with Gasteiger partial charge in [0.15, 0.2) is 0 Å². The number of carbonyl (C=O) groups is 1. The van der Waals surface area contributed by atoms with Gasteiger partial charge in [0.05, 0.1) is 6.54 Å². The molecule has 1 amide bonds. The molecule has 0 saturated heterocycles. The second-order valence-corrected chi connectivity index (χ2v) is 5.12. The first-order valence-corrected chi connectivity index (χ1v) is 7.50. The van der Waals surface area contributed by atoms with Crippen molar-refractivity contribution < 1.29 is 4.79 Å². The van der Waals surface area contributed by atoms with Gasteiger partial charge in [-0.3, -0.25) is 4.79 Å². The Hall–Kier alpha value is -1.85. The molecule has 0 spiro atoms. The van der Waals surface area contributed by atoms with E-state index < -0.39 is 0 Å². The fraction of sp³-hybridized carbons (Fsp3) is 0.667. The van der Waals surface area contributed by atoms with Crippen molar-refractivity contribution in [2.45, 2.75) is 34.1 Å². The number of rotatable bonds is 7. The van der Waals surface area contributed by atoms with Crippen LogP contribution < -0.4 is 10.2 Å². The summed E-state index contributed by atoms with van der Waals surface area (Å²) >= 11 is 0. The van der Waals surface area contributed by atoms with Crippen LogP contribution in [0, 0.1) is 6.92 Å². The van der Waals surface area contributed by atoms with Crippen LogP contribution in [-0.2, 0) is 11.2 Å². The van der Waals surface area contributed by atoms with Gasteiger partial charge in [-0.25, -0.2) is 9.97 Å². The second-order valence-electron chi connectivity index (χ2n) is 5.12. The molecule has 21 heavy (non-hydrogen) atoms. The first-order chi connectivity index (χ1) is 9.94. The Bertz CT molecular complexity index is 487. The Kier molecular flexibility index (Phi) is 6.39. The van der Waals surface area contributed by atoms with Crippen LogP contribution in [0.2, 0.25) is 0 Å². The third-order valence-corrected chi connectivity index (χ3v) is 3.33. The van der Waals surface area contributed by atoms with Gasteiger partial charge in [-0.1, -0.05) is 6.92 Å². The molecule has 1 heterocycles. The molecule has 118 valence electrons. The molecule has 1 N–H and O–H groups in total. The smallest absolute Gasteiger partial charge is 0.241 e. The van der Waals surface area contributed by atoms with Crippen LogP contribution in [0.25, 0.3) is 0 Å². The normalized spacial score (nSPS) is 10.4. The largest absolute Gasteiger partial charge is 0.370 e. The number of aryl methyl sites for hydroxylation is 1. The van der Waals surface area contributed by atoms with Gasteiger partial charge in [0, 0.05) is 39.2 Å². The van der Waals surface area contributed by atoms with Gasteiger partial charge in [0.25, 0.3) is 0 Å². The predicted octanol–water partition coefficient (Wildman–Crippen LogP) is 1.69. The average Bonchev–Trinajstić information content (AvgIpc) is 2.47. The Labute approximate surface area is 127 Å². The number of nitrogens with one attached hydrogen (secondary N) is 1. The maximum Gasteiger partial charge on any atom is 0.241 e. The Morgan fingerprint density at radius 1 is 1.19 bits per heavy atom. The summed E-state index contributed by atoms with van der Waals surface area (Å²) in [5.74, 6) is 2.56. The minimum atomic E-state index is 0.0675. The van der Waals surface area contributed by atoms with Crippen molar-refractivity contribution in [3.8, 4) is 0 Å². The molecular formula is C15H27N5O. The summed E-state index contributed by atoms with van der Waals surface area (Å²) in [6.45, 7) is 9.97. The van der Waals surface area contributed by atoms with E-state index in [0.717, 1.165) is 42.5 Å². The maximum atomic E-state index is 12.0. The monoisotopic (exact) mass is 293 g/mol. The van der Waals surface area contributed by atoms with Crippen LogP contribution >= 0.6 is 0 Å². The first-order valence-electron chi connectivity index (χ1n) is 7.50. The SMILES string of the molecule is CCNc1nc(CC)nc(N(CC)CC(=O)N(C)C)c1C. The summed E-state index contributed by atoms with van der Waals surface area (Å²) in [6.07, 6.45) is 0.769. The van der Waals surface area contributed by atoms with Gasteiger partial charge in [0.2, 0.25) is 5.91 Å². The van der Waals surface area contributed by atoms with Crippen molar-refractivity contribution in [2.24, 2.45) is 0 Å². The topological polar surface area (TPSA) is 61.4 Å². The summed E-state index contributed by atoms with van der Waals surface area (Å²) in [5, 5.41) is 3.27. The molecule has 1 aromatic heterocycles. The van der Waals surface area contributed by atoms with Crippen molar-refractivity contribution in [2.75, 3.05) is 43.9 Å². The molecule has 0 fully saturated rings. The zero-order valence-corrected chi connectivity index (χ0v) is 14.0. The van der Waals surface area contributed by atoms with Crippen molar-refractivity contribution in [1.82, 2.24) is 14.9 Å². The van der Waals surface area contributed by atoms with E-state index >= 15 is 0 Å². The lowest BCUT2D eigenvalue weighted by Gasteiger charge is -2.26. The highest BCUT2D eigenvalue weighted by Crippen LogP contribution is 2.23. The van der Waals surface area contributed by atoms with E-state index in [1.165, 1.54) is 0 Å². The van der Waals surface area contributed by atoms with Crippen LogP contribution in [0.1, 0.15) is 32.2 Å². The highest BCUT2D eigenvalue weighted by molar-refractivity contribution is 5.81. The molecule has 0 aliphatic carbocycles. The van der Waals surface area contributed by atoms with Crippen molar-refractivity contribution >= 4 is 17.5 Å². The van der Waals surface area contributed by atoms with E-state index in [9.17, 15) is 4.79 Å². The van der Waals surface area contributed by atoms with Crippen LogP contribution in [0.15, 0.2) is 0 Å². The number of carbonyl (C=O) groups excluding carboxylic acids is 1. The first kappa shape index (κ1) is 17.2. The molecule has 0 unspecified atom stereocenters. The van der Waals surface area contributed by atoms with Crippen LogP contribution in [0.4, 0.5) is 11.6 Å². The van der Waals surface area contributed by atoms with Crippen LogP contribution in [-0.4, -0.2) is 54.5 Å². The number of aromatic nitrogens is 2. The molecule has 0 aliphatic rings. The average molecular weight is 293 g/mol. The summed E-state index contributed by atoms with van der Waals surface area (Å²) in [4.78, 5) is 24.7. The molecule has 0 radical (unpaired) electrons. The molecule has 6 nitrogen and oxygen atoms in total. The van der Waals surface area contributed by atoms with Gasteiger partial charge >= 0.3 is 0 Å². The fourth-order valence-electron chi connectivity index (χ4n) is 2.00. The molecule has 0 bridgehead atoms. The van der Waals surface area contributed by atoms with Gasteiger partial charge in [-0.05, 0) is 20.8 Å². The fourth-order valence-corrected chi connectivity index (χ4v) is 2.00. The molecule has 6 heteroatoms. The molecule has 0 aromatic carbocycles. The zero-order chi connectivity index (χ0) is 16.0. The van der Waals surface area contributed by atoms with Crippen molar-refractivity contribution in [1.29, 1.82) is 0 Å². The number of amides is 1. The quantitative estimate of drug-likeness (QED) is 0.829. The maximum absolute atomic E-state index is 12.0. The lowest BCUT2D eigenvalue weighted by molar-refractivity contribution is -0.127. The van der Waals surface area contributed by atoms with E-state index in [-0.39, 0.29) is 5.91 Å². The number of anilines is 2. The summed E-state index contributed by atoms with van der Waals surface area (Å²) in [7, 11) is 3.54. The third kappa shape index (κ3) is 4.31. The van der Waals surface area contributed by atoms with E-state index in [1.807, 2.05) is 32.6 Å². The lowest BCUT2D eigenvalue weighted by Crippen LogP contribution is -2.37. The standard InChI is InChI=1S/C15H27N5O/c1-7-12-17-14(16-8-2)11(4)15(18-12)20(9-3)10-13(21)19(5)6/h7-10H2,1-6H3,(H,16,17,18). The van der Waals surface area contributed by atoms with Crippen molar-refractivity contribution in [3.63, 3.8) is 0 Å². The van der Waals surface area contributed by atoms with E-state index in [4.69, 9.17) is 0 Å². The molecule has 0 aliphatic heterocycles. The van der Waals surface area contributed by atoms with Gasteiger partial charge in [0.1, 0.15) is 17.5 Å². The van der Waals surface area contributed by atoms with E-state index in [1.54, 1.807) is 19.0 Å². The summed E-state index contributed by atoms with van der Waals surface area (Å²) in [6, 6.07) is 0. The molecule has 0 saturated carbocycles. The van der Waals surface area contributed by atoms with Gasteiger partial charge < -0.3 is 15.1 Å². The molecular weight excluding hydrogens is 266 g/mol. The Morgan fingerprint density at radius 2 is 1.86 bits per heavy atom. The predicted molar refractivity (Wildman–Crippen MR) is 86.9 cm³/mol. The van der Waals surface area contributed by atoms with Gasteiger partial charge in [-0.15, -0.1) is 0 Å². The number of nitrogens with zero attached hydrogens (tertiary/aromatic N) is 4. The lowest BCUT2D eigenvalue weighted by atomic mass is 10.2. The Balaban J connectivity index is 3.18. The minimum absolute atomic E-state index is 0.0675. The van der Waals surface area contributed by atoms with Crippen molar-refractivity contribution in [3.05, 3.63) is 11.4 Å². The molecule has 1 rings (SSSR count). The second kappa shape index (κ2) is 7.81. The third-order valence-electron chi connectivity index (χ3n) is 3.33. The van der Waals surface area contributed by atoms with E-state index in [0.29, 0.717) is 6.54 Å². The highest BCUT2D eigenvalue weighted by Gasteiger charge is 2.18. The molecule has 1 aromatic rings. The van der Waals surface area contributed by atoms with Crippen LogP contribution in [0.3, 0.4) is 0 Å². The number of hydrogen-bond acceptors (Lipinski definition) is 5. The minimum Gasteiger partial charge on any atom is -0.370 e. The Morgan fingerprint density at radius 3 is 2.33 bits per heavy atom. The molecule has 0 atom stereocenters. The van der Waals surface area contributed by atoms with Crippen LogP contribution in [0.5, 0.6) is 0 Å². The zero-order valence-electron chi connectivity index (χ0n) is 14.0. The van der Waals surface area contributed by atoms with Gasteiger partial charge in [-0.2, -0.15) is 0 Å². The number of likely N-dealkylation sites (N-methyl/N-ethyl adjacent to an activating group) is 2.